The third kappa shape index (κ3) is 5.85. The molecule has 0 aromatic heterocycles. The van der Waals surface area contributed by atoms with Gasteiger partial charge in [0, 0.05) is 22.6 Å². The van der Waals surface area contributed by atoms with Crippen molar-refractivity contribution in [2.75, 3.05) is 16.0 Å². The van der Waals surface area contributed by atoms with Gasteiger partial charge in [-0.3, -0.25) is 4.79 Å². The molecular weight excluding hydrogens is 378 g/mol. The first-order valence-electron chi connectivity index (χ1n) is 9.72. The number of nitrogens with one attached hydrogen (secondary N) is 3. The molecule has 3 N–H and O–H groups in total. The Hall–Kier alpha value is -3.80. The maximum Gasteiger partial charge on any atom is 0.323 e. The fourth-order valence-electron chi connectivity index (χ4n) is 2.84. The van der Waals surface area contributed by atoms with E-state index < -0.39 is 0 Å². The minimum absolute atomic E-state index is 0.0896. The van der Waals surface area contributed by atoms with E-state index in [1.54, 1.807) is 36.4 Å². The van der Waals surface area contributed by atoms with E-state index in [2.05, 4.69) is 16.0 Å². The number of rotatable bonds is 6. The van der Waals surface area contributed by atoms with Crippen LogP contribution in [0.5, 0.6) is 5.75 Å². The van der Waals surface area contributed by atoms with Gasteiger partial charge in [-0.05, 0) is 80.9 Å². The highest BCUT2D eigenvalue weighted by atomic mass is 16.5. The number of aryl methyl sites for hydroxylation is 1. The highest BCUT2D eigenvalue weighted by molar-refractivity contribution is 6.05. The highest BCUT2D eigenvalue weighted by Gasteiger charge is 2.10. The van der Waals surface area contributed by atoms with Crippen molar-refractivity contribution in [3.8, 4) is 5.75 Å². The van der Waals surface area contributed by atoms with Crippen molar-refractivity contribution in [3.63, 3.8) is 0 Å². The van der Waals surface area contributed by atoms with Gasteiger partial charge in [0.1, 0.15) is 5.75 Å². The summed E-state index contributed by atoms with van der Waals surface area (Å²) in [5.74, 6) is 0.542. The SMILES string of the molecule is Cc1cc(OC(C)C)ccc1NC(=O)c1ccc(NC(=O)Nc2ccccc2)cc1. The summed E-state index contributed by atoms with van der Waals surface area (Å²) in [4.78, 5) is 24.6. The van der Waals surface area contributed by atoms with E-state index in [0.717, 1.165) is 17.0 Å². The second kappa shape index (κ2) is 9.60. The molecule has 0 aliphatic rings. The predicted molar refractivity (Wildman–Crippen MR) is 120 cm³/mol. The second-order valence-corrected chi connectivity index (χ2v) is 7.12. The first kappa shape index (κ1) is 20.9. The number of hydrogen-bond acceptors (Lipinski definition) is 3. The average molecular weight is 403 g/mol. The third-order valence-electron chi connectivity index (χ3n) is 4.25. The first-order valence-corrected chi connectivity index (χ1v) is 9.72. The summed E-state index contributed by atoms with van der Waals surface area (Å²) in [7, 11) is 0. The van der Waals surface area contributed by atoms with Gasteiger partial charge in [0.15, 0.2) is 0 Å². The highest BCUT2D eigenvalue weighted by Crippen LogP contribution is 2.23. The number of urea groups is 1. The summed E-state index contributed by atoms with van der Waals surface area (Å²) in [6.07, 6.45) is 0.0896. The molecule has 0 heterocycles. The average Bonchev–Trinajstić information content (AvgIpc) is 2.71. The van der Waals surface area contributed by atoms with Crippen molar-refractivity contribution in [1.29, 1.82) is 0 Å². The lowest BCUT2D eigenvalue weighted by atomic mass is 10.1. The van der Waals surface area contributed by atoms with Crippen LogP contribution in [0.2, 0.25) is 0 Å². The molecule has 6 nitrogen and oxygen atoms in total. The maximum absolute atomic E-state index is 12.6. The molecule has 0 fully saturated rings. The Bertz CT molecular complexity index is 1020. The Labute approximate surface area is 176 Å². The summed E-state index contributed by atoms with van der Waals surface area (Å²) in [6.45, 7) is 5.85. The quantitative estimate of drug-likeness (QED) is 0.495. The number of ether oxygens (including phenoxy) is 1. The molecule has 3 amide bonds. The second-order valence-electron chi connectivity index (χ2n) is 7.12. The molecule has 0 radical (unpaired) electrons. The summed E-state index contributed by atoms with van der Waals surface area (Å²) in [5.41, 5.74) is 3.42. The molecule has 0 spiro atoms. The third-order valence-corrected chi connectivity index (χ3v) is 4.25. The number of carbonyl (C=O) groups excluding carboxylic acids is 2. The van der Waals surface area contributed by atoms with E-state index in [9.17, 15) is 9.59 Å². The van der Waals surface area contributed by atoms with Crippen molar-refractivity contribution in [2.24, 2.45) is 0 Å². The Morgan fingerprint density at radius 3 is 2.03 bits per heavy atom. The van der Waals surface area contributed by atoms with Gasteiger partial charge < -0.3 is 20.7 Å². The molecule has 0 atom stereocenters. The molecule has 0 saturated carbocycles. The maximum atomic E-state index is 12.6. The van der Waals surface area contributed by atoms with E-state index >= 15 is 0 Å². The molecule has 3 rings (SSSR count). The molecule has 3 aromatic rings. The van der Waals surface area contributed by atoms with Gasteiger partial charge in [-0.2, -0.15) is 0 Å². The van der Waals surface area contributed by atoms with Crippen molar-refractivity contribution >= 4 is 29.0 Å². The van der Waals surface area contributed by atoms with Gasteiger partial charge in [-0.15, -0.1) is 0 Å². The van der Waals surface area contributed by atoms with Crippen molar-refractivity contribution in [3.05, 3.63) is 83.9 Å². The Morgan fingerprint density at radius 2 is 1.43 bits per heavy atom. The summed E-state index contributed by atoms with van der Waals surface area (Å²) >= 11 is 0. The lowest BCUT2D eigenvalue weighted by Gasteiger charge is -2.13. The van der Waals surface area contributed by atoms with Crippen LogP contribution < -0.4 is 20.7 Å². The normalized spacial score (nSPS) is 10.4. The van der Waals surface area contributed by atoms with Crippen molar-refractivity contribution in [2.45, 2.75) is 26.9 Å². The molecule has 30 heavy (non-hydrogen) atoms. The number of para-hydroxylation sites is 1. The van der Waals surface area contributed by atoms with Crippen LogP contribution in [0.1, 0.15) is 29.8 Å². The molecule has 0 bridgehead atoms. The summed E-state index contributed by atoms with van der Waals surface area (Å²) in [5, 5.41) is 8.39. The lowest BCUT2D eigenvalue weighted by molar-refractivity contribution is 0.102. The topological polar surface area (TPSA) is 79.5 Å². The first-order chi connectivity index (χ1) is 14.4. The Morgan fingerprint density at radius 1 is 0.800 bits per heavy atom. The predicted octanol–water partition coefficient (Wildman–Crippen LogP) is 5.68. The summed E-state index contributed by atoms with van der Waals surface area (Å²) in [6, 6.07) is 21.1. The molecule has 3 aromatic carbocycles. The minimum Gasteiger partial charge on any atom is -0.491 e. The van der Waals surface area contributed by atoms with Crippen LogP contribution in [-0.2, 0) is 0 Å². The lowest BCUT2D eigenvalue weighted by Crippen LogP contribution is -2.19. The molecule has 0 aliphatic heterocycles. The smallest absolute Gasteiger partial charge is 0.323 e. The Balaban J connectivity index is 1.59. The fourth-order valence-corrected chi connectivity index (χ4v) is 2.84. The van der Waals surface area contributed by atoms with E-state index in [0.29, 0.717) is 16.9 Å². The number of anilines is 3. The zero-order valence-corrected chi connectivity index (χ0v) is 17.2. The molecular formula is C24H25N3O3. The van der Waals surface area contributed by atoms with Crippen LogP contribution in [-0.4, -0.2) is 18.0 Å². The van der Waals surface area contributed by atoms with Gasteiger partial charge in [0.25, 0.3) is 5.91 Å². The molecule has 0 aliphatic carbocycles. The minimum atomic E-state index is -0.349. The van der Waals surface area contributed by atoms with Gasteiger partial charge >= 0.3 is 6.03 Å². The van der Waals surface area contributed by atoms with Crippen LogP contribution in [0, 0.1) is 6.92 Å². The van der Waals surface area contributed by atoms with E-state index in [-0.39, 0.29) is 18.0 Å². The largest absolute Gasteiger partial charge is 0.491 e. The zero-order valence-electron chi connectivity index (χ0n) is 17.2. The fraction of sp³-hybridized carbons (Fsp3) is 0.167. The van der Waals surface area contributed by atoms with Gasteiger partial charge in [0.2, 0.25) is 0 Å². The standard InChI is InChI=1S/C24H25N3O3/c1-16(2)30-21-13-14-22(17(3)15-21)27-23(28)18-9-11-20(12-10-18)26-24(29)25-19-7-5-4-6-8-19/h4-16H,1-3H3,(H,27,28)(H2,25,26,29). The van der Waals surface area contributed by atoms with Crippen LogP contribution >= 0.6 is 0 Å². The van der Waals surface area contributed by atoms with E-state index in [4.69, 9.17) is 4.74 Å². The monoisotopic (exact) mass is 403 g/mol. The number of carbonyl (C=O) groups is 2. The van der Waals surface area contributed by atoms with Crippen molar-refractivity contribution in [1.82, 2.24) is 0 Å². The van der Waals surface area contributed by atoms with Gasteiger partial charge in [-0.25, -0.2) is 4.79 Å². The van der Waals surface area contributed by atoms with Gasteiger partial charge in [-0.1, -0.05) is 18.2 Å². The number of benzene rings is 3. The number of amides is 3. The van der Waals surface area contributed by atoms with Crippen LogP contribution in [0.3, 0.4) is 0 Å². The number of hydrogen-bond donors (Lipinski definition) is 3. The van der Waals surface area contributed by atoms with Crippen LogP contribution in [0.15, 0.2) is 72.8 Å². The van der Waals surface area contributed by atoms with Crippen LogP contribution in [0.4, 0.5) is 21.9 Å². The summed E-state index contributed by atoms with van der Waals surface area (Å²) < 4.78 is 5.67. The molecule has 0 unspecified atom stereocenters. The Kier molecular flexibility index (Phi) is 6.70. The van der Waals surface area contributed by atoms with E-state index in [1.807, 2.05) is 57.2 Å². The van der Waals surface area contributed by atoms with E-state index in [1.165, 1.54) is 0 Å². The zero-order chi connectivity index (χ0) is 21.5. The van der Waals surface area contributed by atoms with Crippen LogP contribution in [0.25, 0.3) is 0 Å². The molecule has 0 saturated heterocycles. The molecule has 154 valence electrons. The molecule has 6 heteroatoms. The van der Waals surface area contributed by atoms with Crippen molar-refractivity contribution < 1.29 is 14.3 Å². The van der Waals surface area contributed by atoms with Gasteiger partial charge in [0.05, 0.1) is 6.10 Å².